The van der Waals surface area contributed by atoms with Crippen LogP contribution in [-0.2, 0) is 34.4 Å². The fraction of sp³-hybridized carbons (Fsp3) is 0.394. The van der Waals surface area contributed by atoms with Gasteiger partial charge in [0.15, 0.2) is 0 Å². The van der Waals surface area contributed by atoms with Gasteiger partial charge in [-0.1, -0.05) is 110 Å². The molecule has 5 heteroatoms. The number of hydrogen-bond acceptors (Lipinski definition) is 2. The van der Waals surface area contributed by atoms with Crippen molar-refractivity contribution < 1.29 is 9.59 Å². The van der Waals surface area contributed by atoms with Gasteiger partial charge in [0, 0.05) is 29.9 Å². The molecule has 0 heterocycles. The van der Waals surface area contributed by atoms with Crippen LogP contribution < -0.4 is 5.32 Å². The van der Waals surface area contributed by atoms with Crippen LogP contribution in [0.5, 0.6) is 0 Å². The third kappa shape index (κ3) is 8.83. The van der Waals surface area contributed by atoms with Crippen molar-refractivity contribution in [2.75, 3.05) is 0 Å². The summed E-state index contributed by atoms with van der Waals surface area (Å²) in [6.07, 6.45) is 2.26. The smallest absolute Gasteiger partial charge is 0.243 e. The van der Waals surface area contributed by atoms with Gasteiger partial charge in [-0.05, 0) is 59.6 Å². The Labute approximate surface area is 237 Å². The first-order valence-corrected chi connectivity index (χ1v) is 14.3. The highest BCUT2D eigenvalue weighted by molar-refractivity contribution is 9.10. The Kier molecular flexibility index (Phi) is 10.7. The first kappa shape index (κ1) is 29.6. The molecule has 202 valence electrons. The summed E-state index contributed by atoms with van der Waals surface area (Å²) < 4.78 is 0.949. The van der Waals surface area contributed by atoms with Gasteiger partial charge in [0.05, 0.1) is 0 Å². The predicted molar refractivity (Wildman–Crippen MR) is 160 cm³/mol. The van der Waals surface area contributed by atoms with Crippen molar-refractivity contribution in [3.8, 4) is 0 Å². The number of hydrogen-bond donors (Lipinski definition) is 1. The Morgan fingerprint density at radius 1 is 0.895 bits per heavy atom. The van der Waals surface area contributed by atoms with Crippen LogP contribution in [0.4, 0.5) is 0 Å². The molecule has 3 rings (SSSR count). The van der Waals surface area contributed by atoms with Gasteiger partial charge in [0.25, 0.3) is 0 Å². The van der Waals surface area contributed by atoms with Crippen LogP contribution in [-0.4, -0.2) is 28.8 Å². The number of aryl methyl sites for hydroxylation is 1. The van der Waals surface area contributed by atoms with Gasteiger partial charge in [-0.3, -0.25) is 9.59 Å². The maximum absolute atomic E-state index is 13.9. The lowest BCUT2D eigenvalue weighted by Gasteiger charge is -2.32. The number of carbonyl (C=O) groups is 2. The average Bonchev–Trinajstić information content (AvgIpc) is 2.89. The minimum Gasteiger partial charge on any atom is -0.352 e. The second kappa shape index (κ2) is 13.7. The minimum atomic E-state index is -0.610. The molecule has 2 atom stereocenters. The van der Waals surface area contributed by atoms with Gasteiger partial charge in [0.1, 0.15) is 6.04 Å². The van der Waals surface area contributed by atoms with E-state index >= 15 is 0 Å². The van der Waals surface area contributed by atoms with Crippen LogP contribution >= 0.6 is 15.9 Å². The quantitative estimate of drug-likeness (QED) is 0.261. The molecule has 2 amide bonds. The van der Waals surface area contributed by atoms with Crippen LogP contribution in [0.15, 0.2) is 83.3 Å². The topological polar surface area (TPSA) is 49.4 Å². The highest BCUT2D eigenvalue weighted by atomic mass is 79.9. The number of carbonyl (C=O) groups excluding carboxylic acids is 2. The van der Waals surface area contributed by atoms with Gasteiger partial charge in [0.2, 0.25) is 11.8 Å². The van der Waals surface area contributed by atoms with E-state index in [-0.39, 0.29) is 23.3 Å². The largest absolute Gasteiger partial charge is 0.352 e. The Morgan fingerprint density at radius 3 is 2.16 bits per heavy atom. The summed E-state index contributed by atoms with van der Waals surface area (Å²) >= 11 is 3.55. The summed E-state index contributed by atoms with van der Waals surface area (Å²) in [7, 11) is 0. The van der Waals surface area contributed by atoms with E-state index in [1.54, 1.807) is 4.90 Å². The van der Waals surface area contributed by atoms with E-state index in [0.717, 1.165) is 27.6 Å². The molecule has 38 heavy (non-hydrogen) atoms. The zero-order valence-corrected chi connectivity index (χ0v) is 24.9. The molecule has 0 aliphatic rings. The monoisotopic (exact) mass is 576 g/mol. The molecule has 0 aliphatic carbocycles. The van der Waals surface area contributed by atoms with E-state index in [1.165, 1.54) is 5.56 Å². The summed E-state index contributed by atoms with van der Waals surface area (Å²) in [4.78, 5) is 29.2. The van der Waals surface area contributed by atoms with Crippen LogP contribution in [0.1, 0.15) is 69.7 Å². The number of rotatable bonds is 11. The fourth-order valence-electron chi connectivity index (χ4n) is 4.39. The van der Waals surface area contributed by atoms with Crippen molar-refractivity contribution in [3.63, 3.8) is 0 Å². The average molecular weight is 578 g/mol. The van der Waals surface area contributed by atoms with E-state index in [9.17, 15) is 9.59 Å². The molecule has 3 aromatic rings. The lowest BCUT2D eigenvalue weighted by Crippen LogP contribution is -2.52. The SMILES string of the molecule is CCC(C)NC(=O)C(Cc1ccccc1)N(Cc1cccc(Br)c1)C(=O)CCc1ccc(C(C)(C)C)cc1. The van der Waals surface area contributed by atoms with Crippen LogP contribution in [0, 0.1) is 0 Å². The molecular weight excluding hydrogens is 536 g/mol. The highest BCUT2D eigenvalue weighted by Gasteiger charge is 2.30. The maximum Gasteiger partial charge on any atom is 0.243 e. The lowest BCUT2D eigenvalue weighted by molar-refractivity contribution is -0.141. The molecule has 0 fully saturated rings. The number of benzene rings is 3. The second-order valence-electron chi connectivity index (χ2n) is 11.1. The molecule has 0 aliphatic heterocycles. The van der Waals surface area contributed by atoms with Gasteiger partial charge in [-0.25, -0.2) is 0 Å². The van der Waals surface area contributed by atoms with E-state index in [0.29, 0.717) is 25.8 Å². The summed E-state index contributed by atoms with van der Waals surface area (Å²) in [5.74, 6) is -0.133. The van der Waals surface area contributed by atoms with Crippen molar-refractivity contribution in [2.24, 2.45) is 0 Å². The molecule has 0 saturated carbocycles. The molecule has 1 N–H and O–H groups in total. The van der Waals surface area contributed by atoms with Crippen molar-refractivity contribution in [2.45, 2.75) is 84.3 Å². The van der Waals surface area contributed by atoms with Crippen molar-refractivity contribution in [1.29, 1.82) is 0 Å². The van der Waals surface area contributed by atoms with Crippen LogP contribution in [0.2, 0.25) is 0 Å². The molecule has 0 saturated heterocycles. The molecule has 0 aromatic heterocycles. The number of nitrogens with zero attached hydrogens (tertiary/aromatic N) is 1. The normalized spacial score (nSPS) is 13.0. The van der Waals surface area contributed by atoms with E-state index in [2.05, 4.69) is 66.3 Å². The van der Waals surface area contributed by atoms with Gasteiger partial charge in [-0.15, -0.1) is 0 Å². The van der Waals surface area contributed by atoms with E-state index < -0.39 is 6.04 Å². The van der Waals surface area contributed by atoms with Crippen LogP contribution in [0.25, 0.3) is 0 Å². The predicted octanol–water partition coefficient (Wildman–Crippen LogP) is 7.23. The zero-order valence-electron chi connectivity index (χ0n) is 23.3. The molecule has 0 radical (unpaired) electrons. The number of amides is 2. The third-order valence-corrected chi connectivity index (χ3v) is 7.45. The lowest BCUT2D eigenvalue weighted by atomic mass is 9.86. The number of nitrogens with one attached hydrogen (secondary N) is 1. The first-order chi connectivity index (χ1) is 18.1. The van der Waals surface area contributed by atoms with Crippen molar-refractivity contribution in [1.82, 2.24) is 10.2 Å². The fourth-order valence-corrected chi connectivity index (χ4v) is 4.84. The third-order valence-electron chi connectivity index (χ3n) is 6.96. The Bertz CT molecular complexity index is 1190. The van der Waals surface area contributed by atoms with Crippen molar-refractivity contribution in [3.05, 3.63) is 106 Å². The Hall–Kier alpha value is -2.92. The first-order valence-electron chi connectivity index (χ1n) is 13.5. The van der Waals surface area contributed by atoms with E-state index in [4.69, 9.17) is 0 Å². The Balaban J connectivity index is 1.89. The van der Waals surface area contributed by atoms with Gasteiger partial charge >= 0.3 is 0 Å². The summed E-state index contributed by atoms with van der Waals surface area (Å²) in [5.41, 5.74) is 4.49. The molecule has 0 bridgehead atoms. The van der Waals surface area contributed by atoms with Gasteiger partial charge in [-0.2, -0.15) is 0 Å². The van der Waals surface area contributed by atoms with Gasteiger partial charge < -0.3 is 10.2 Å². The van der Waals surface area contributed by atoms with Crippen molar-refractivity contribution >= 4 is 27.7 Å². The second-order valence-corrected chi connectivity index (χ2v) is 12.0. The molecule has 0 spiro atoms. The van der Waals surface area contributed by atoms with Crippen LogP contribution in [0.3, 0.4) is 0 Å². The number of halogens is 1. The summed E-state index contributed by atoms with van der Waals surface area (Å²) in [5, 5.41) is 3.13. The molecule has 4 nitrogen and oxygen atoms in total. The zero-order chi connectivity index (χ0) is 27.7. The Morgan fingerprint density at radius 2 is 1.55 bits per heavy atom. The standard InChI is InChI=1S/C33H41BrN2O2/c1-6-24(2)35-32(38)30(22-26-11-8-7-9-12-26)36(23-27-13-10-14-29(34)21-27)31(37)20-17-25-15-18-28(19-16-25)33(3,4)5/h7-16,18-19,21,24,30H,6,17,20,22-23H2,1-5H3,(H,35,38). The van der Waals surface area contributed by atoms with E-state index in [1.807, 2.05) is 68.4 Å². The molecular formula is C33H41BrN2O2. The summed E-state index contributed by atoms with van der Waals surface area (Å²) in [6.45, 7) is 11.0. The maximum atomic E-state index is 13.9. The molecule has 3 aromatic carbocycles. The molecule has 2 unspecified atom stereocenters. The minimum absolute atomic E-state index is 0.0230. The summed E-state index contributed by atoms with van der Waals surface area (Å²) in [6, 6.07) is 25.8. The highest BCUT2D eigenvalue weighted by Crippen LogP contribution is 2.23.